The molecule has 0 unspecified atom stereocenters. The number of nitrogens with zero attached hydrogens (tertiary/aromatic N) is 2. The van der Waals surface area contributed by atoms with Crippen LogP contribution in [0.15, 0.2) is 4.99 Å². The largest absolute Gasteiger partial charge is 0.370 e. The van der Waals surface area contributed by atoms with E-state index in [0.29, 0.717) is 18.9 Å². The summed E-state index contributed by atoms with van der Waals surface area (Å²) in [6.07, 6.45) is 1.36. The van der Waals surface area contributed by atoms with Gasteiger partial charge < -0.3 is 16.0 Å². The summed E-state index contributed by atoms with van der Waals surface area (Å²) in [4.78, 5) is 17.4. The minimum Gasteiger partial charge on any atom is -0.370 e. The zero-order chi connectivity index (χ0) is 12.4. The summed E-state index contributed by atoms with van der Waals surface area (Å²) in [5.74, 6) is 0.561. The molecular formula is C11H25IN4O. The van der Waals surface area contributed by atoms with Crippen molar-refractivity contribution in [3.8, 4) is 0 Å². The third-order valence-electron chi connectivity index (χ3n) is 2.27. The van der Waals surface area contributed by atoms with Crippen LogP contribution in [0.5, 0.6) is 0 Å². The molecule has 0 aromatic rings. The molecule has 3 N–H and O–H groups in total. The Morgan fingerprint density at radius 2 is 1.88 bits per heavy atom. The molecule has 0 aliphatic heterocycles. The molecule has 0 bridgehead atoms. The molecule has 5 nitrogen and oxygen atoms in total. The maximum absolute atomic E-state index is 11.3. The van der Waals surface area contributed by atoms with Gasteiger partial charge in [0.25, 0.3) is 0 Å². The second-order valence-corrected chi connectivity index (χ2v) is 3.51. The molecule has 0 aliphatic carbocycles. The minimum atomic E-state index is 0. The molecule has 0 radical (unpaired) electrons. The van der Waals surface area contributed by atoms with Crippen LogP contribution in [0.2, 0.25) is 0 Å². The summed E-state index contributed by atoms with van der Waals surface area (Å²) in [6.45, 7) is 8.95. The highest BCUT2D eigenvalue weighted by Gasteiger charge is 2.02. The van der Waals surface area contributed by atoms with Crippen molar-refractivity contribution in [3.63, 3.8) is 0 Å². The van der Waals surface area contributed by atoms with Gasteiger partial charge in [-0.3, -0.25) is 9.79 Å². The van der Waals surface area contributed by atoms with E-state index in [1.165, 1.54) is 0 Å². The maximum Gasteiger partial charge on any atom is 0.221 e. The molecule has 0 fully saturated rings. The van der Waals surface area contributed by atoms with Gasteiger partial charge in [-0.05, 0) is 20.3 Å². The molecule has 0 aromatic heterocycles. The van der Waals surface area contributed by atoms with Crippen molar-refractivity contribution in [1.82, 2.24) is 10.2 Å². The third-order valence-corrected chi connectivity index (χ3v) is 2.27. The fourth-order valence-electron chi connectivity index (χ4n) is 1.27. The molecule has 6 heteroatoms. The first-order valence-electron chi connectivity index (χ1n) is 5.97. The van der Waals surface area contributed by atoms with Gasteiger partial charge in [-0.25, -0.2) is 0 Å². The first kappa shape index (κ1) is 18.8. The van der Waals surface area contributed by atoms with Crippen LogP contribution in [-0.2, 0) is 4.79 Å². The lowest BCUT2D eigenvalue weighted by Crippen LogP contribution is -2.37. The Morgan fingerprint density at radius 3 is 2.35 bits per heavy atom. The molecule has 0 atom stereocenters. The molecule has 1 amide bonds. The SMILES string of the molecule is CCCNC(=O)CCN=C(N)N(CC)CC.I. The Bertz CT molecular complexity index is 230. The number of rotatable bonds is 7. The van der Waals surface area contributed by atoms with Crippen LogP contribution in [0.1, 0.15) is 33.6 Å². The van der Waals surface area contributed by atoms with Crippen LogP contribution in [-0.4, -0.2) is 42.9 Å². The number of aliphatic imine (C=N–C) groups is 1. The first-order chi connectivity index (χ1) is 7.65. The molecule has 0 spiro atoms. The van der Waals surface area contributed by atoms with Crippen molar-refractivity contribution in [3.05, 3.63) is 0 Å². The van der Waals surface area contributed by atoms with Gasteiger partial charge in [0.2, 0.25) is 5.91 Å². The van der Waals surface area contributed by atoms with Crippen molar-refractivity contribution in [2.45, 2.75) is 33.6 Å². The Hall–Kier alpha value is -0.530. The van der Waals surface area contributed by atoms with E-state index in [2.05, 4.69) is 10.3 Å². The van der Waals surface area contributed by atoms with Crippen molar-refractivity contribution < 1.29 is 4.79 Å². The van der Waals surface area contributed by atoms with Crippen LogP contribution >= 0.6 is 24.0 Å². The average Bonchev–Trinajstić information content (AvgIpc) is 2.28. The Labute approximate surface area is 121 Å². The number of hydrogen-bond donors (Lipinski definition) is 2. The van der Waals surface area contributed by atoms with Crippen molar-refractivity contribution in [2.75, 3.05) is 26.2 Å². The summed E-state index contributed by atoms with van der Waals surface area (Å²) in [6, 6.07) is 0. The molecule has 17 heavy (non-hydrogen) atoms. The van der Waals surface area contributed by atoms with Gasteiger partial charge in [0, 0.05) is 26.1 Å². The summed E-state index contributed by atoms with van der Waals surface area (Å²) < 4.78 is 0. The van der Waals surface area contributed by atoms with Crippen LogP contribution in [0, 0.1) is 0 Å². The zero-order valence-corrected chi connectivity index (χ0v) is 13.4. The van der Waals surface area contributed by atoms with Gasteiger partial charge in [0.15, 0.2) is 5.96 Å². The maximum atomic E-state index is 11.3. The Kier molecular flexibility index (Phi) is 13.2. The molecule has 102 valence electrons. The van der Waals surface area contributed by atoms with E-state index in [0.717, 1.165) is 26.1 Å². The third kappa shape index (κ3) is 9.20. The number of amides is 1. The standard InChI is InChI=1S/C11H24N4O.HI/c1-4-8-13-10(16)7-9-14-11(12)15(5-2)6-3;/h4-9H2,1-3H3,(H2,12,14)(H,13,16);1H. The van der Waals surface area contributed by atoms with Gasteiger partial charge in [0.1, 0.15) is 0 Å². The van der Waals surface area contributed by atoms with Gasteiger partial charge in [-0.15, -0.1) is 24.0 Å². The quantitative estimate of drug-likeness (QED) is 0.409. The smallest absolute Gasteiger partial charge is 0.221 e. The van der Waals surface area contributed by atoms with Gasteiger partial charge >= 0.3 is 0 Å². The molecule has 0 aliphatic rings. The lowest BCUT2D eigenvalue weighted by Gasteiger charge is -2.19. The van der Waals surface area contributed by atoms with E-state index in [9.17, 15) is 4.79 Å². The topological polar surface area (TPSA) is 70.7 Å². The van der Waals surface area contributed by atoms with E-state index < -0.39 is 0 Å². The number of hydrogen-bond acceptors (Lipinski definition) is 2. The first-order valence-corrected chi connectivity index (χ1v) is 5.97. The van der Waals surface area contributed by atoms with E-state index in [4.69, 9.17) is 5.73 Å². The average molecular weight is 356 g/mol. The lowest BCUT2D eigenvalue weighted by molar-refractivity contribution is -0.120. The van der Waals surface area contributed by atoms with Gasteiger partial charge in [0.05, 0.1) is 6.54 Å². The van der Waals surface area contributed by atoms with Crippen molar-refractivity contribution in [2.24, 2.45) is 10.7 Å². The molecule has 0 heterocycles. The number of carbonyl (C=O) groups is 1. The number of halogens is 1. The highest BCUT2D eigenvalue weighted by molar-refractivity contribution is 14.0. The number of nitrogens with one attached hydrogen (secondary N) is 1. The highest BCUT2D eigenvalue weighted by Crippen LogP contribution is 1.89. The summed E-state index contributed by atoms with van der Waals surface area (Å²) >= 11 is 0. The second kappa shape index (κ2) is 11.9. The fourth-order valence-corrected chi connectivity index (χ4v) is 1.27. The van der Waals surface area contributed by atoms with E-state index in [1.807, 2.05) is 25.7 Å². The molecule has 0 aromatic carbocycles. The number of guanidine groups is 1. The second-order valence-electron chi connectivity index (χ2n) is 3.51. The van der Waals surface area contributed by atoms with Crippen LogP contribution in [0.4, 0.5) is 0 Å². The normalized spacial score (nSPS) is 10.6. The van der Waals surface area contributed by atoms with Crippen molar-refractivity contribution >= 4 is 35.8 Å². The Morgan fingerprint density at radius 1 is 1.29 bits per heavy atom. The van der Waals surface area contributed by atoms with Gasteiger partial charge in [-0.2, -0.15) is 0 Å². The molecular weight excluding hydrogens is 331 g/mol. The predicted molar refractivity (Wildman–Crippen MR) is 82.7 cm³/mol. The molecule has 0 saturated heterocycles. The number of nitrogens with two attached hydrogens (primary N) is 1. The summed E-state index contributed by atoms with van der Waals surface area (Å²) in [7, 11) is 0. The number of carbonyl (C=O) groups excluding carboxylic acids is 1. The lowest BCUT2D eigenvalue weighted by atomic mass is 10.4. The van der Waals surface area contributed by atoms with Crippen LogP contribution < -0.4 is 11.1 Å². The summed E-state index contributed by atoms with van der Waals surface area (Å²) in [5.41, 5.74) is 5.77. The Balaban J connectivity index is 0. The minimum absolute atomic E-state index is 0. The van der Waals surface area contributed by atoms with Crippen LogP contribution in [0.25, 0.3) is 0 Å². The molecule has 0 saturated carbocycles. The van der Waals surface area contributed by atoms with E-state index in [-0.39, 0.29) is 29.9 Å². The van der Waals surface area contributed by atoms with E-state index in [1.54, 1.807) is 0 Å². The monoisotopic (exact) mass is 356 g/mol. The predicted octanol–water partition coefficient (Wildman–Crippen LogP) is 1.18. The van der Waals surface area contributed by atoms with E-state index >= 15 is 0 Å². The van der Waals surface area contributed by atoms with Crippen LogP contribution in [0.3, 0.4) is 0 Å². The fraction of sp³-hybridized carbons (Fsp3) is 0.818. The zero-order valence-electron chi connectivity index (χ0n) is 11.0. The van der Waals surface area contributed by atoms with Gasteiger partial charge in [-0.1, -0.05) is 6.92 Å². The molecule has 0 rings (SSSR count). The van der Waals surface area contributed by atoms with Crippen molar-refractivity contribution in [1.29, 1.82) is 0 Å². The highest BCUT2D eigenvalue weighted by atomic mass is 127. The summed E-state index contributed by atoms with van der Waals surface area (Å²) in [5, 5.41) is 2.80.